The topological polar surface area (TPSA) is 45.5 Å². The molecule has 126 valence electrons. The summed E-state index contributed by atoms with van der Waals surface area (Å²) in [6.45, 7) is 2.85. The van der Waals surface area contributed by atoms with Crippen LogP contribution in [0.3, 0.4) is 0 Å². The quantitative estimate of drug-likeness (QED) is 0.878. The maximum Gasteiger partial charge on any atom is 0.287 e. The highest BCUT2D eigenvalue weighted by molar-refractivity contribution is 7.10. The third-order valence-corrected chi connectivity index (χ3v) is 5.13. The molecule has 1 unspecified atom stereocenters. The van der Waals surface area contributed by atoms with Crippen molar-refractivity contribution in [1.82, 2.24) is 10.2 Å². The van der Waals surface area contributed by atoms with E-state index in [1.165, 1.54) is 36.8 Å². The SMILES string of the molecule is Cl.O=C(NCC(c1cccs1)N1CCCCCC1)c1ccco1. The highest BCUT2D eigenvalue weighted by atomic mass is 35.5. The van der Waals surface area contributed by atoms with Gasteiger partial charge in [-0.1, -0.05) is 18.9 Å². The molecule has 1 aliphatic heterocycles. The van der Waals surface area contributed by atoms with Gasteiger partial charge in [-0.05, 0) is 49.5 Å². The van der Waals surface area contributed by atoms with Gasteiger partial charge in [0.05, 0.1) is 12.3 Å². The molecule has 0 saturated carbocycles. The second-order valence-corrected chi connectivity index (χ2v) is 6.65. The lowest BCUT2D eigenvalue weighted by Gasteiger charge is -2.30. The zero-order valence-corrected chi connectivity index (χ0v) is 14.7. The number of carbonyl (C=O) groups is 1. The van der Waals surface area contributed by atoms with Crippen LogP contribution in [0.4, 0.5) is 0 Å². The van der Waals surface area contributed by atoms with Crippen LogP contribution in [0.2, 0.25) is 0 Å². The molecule has 2 aromatic rings. The van der Waals surface area contributed by atoms with E-state index in [4.69, 9.17) is 4.42 Å². The Morgan fingerprint density at radius 2 is 2.00 bits per heavy atom. The van der Waals surface area contributed by atoms with E-state index in [2.05, 4.69) is 27.7 Å². The first-order valence-corrected chi connectivity index (χ1v) is 8.82. The Morgan fingerprint density at radius 1 is 1.22 bits per heavy atom. The second-order valence-electron chi connectivity index (χ2n) is 5.67. The molecule has 0 bridgehead atoms. The first-order valence-electron chi connectivity index (χ1n) is 7.94. The summed E-state index contributed by atoms with van der Waals surface area (Å²) in [6.07, 6.45) is 6.64. The lowest BCUT2D eigenvalue weighted by Crippen LogP contribution is -2.38. The fourth-order valence-electron chi connectivity index (χ4n) is 2.98. The van der Waals surface area contributed by atoms with E-state index in [0.717, 1.165) is 13.1 Å². The fraction of sp³-hybridized carbons (Fsp3) is 0.471. The zero-order chi connectivity index (χ0) is 15.2. The third kappa shape index (κ3) is 4.83. The predicted molar refractivity (Wildman–Crippen MR) is 95.4 cm³/mol. The van der Waals surface area contributed by atoms with E-state index in [9.17, 15) is 4.79 Å². The Bertz CT molecular complexity index is 563. The number of likely N-dealkylation sites (tertiary alicyclic amines) is 1. The zero-order valence-electron chi connectivity index (χ0n) is 13.1. The number of amides is 1. The van der Waals surface area contributed by atoms with Gasteiger partial charge in [0, 0.05) is 11.4 Å². The molecule has 1 saturated heterocycles. The Kier molecular flexibility index (Phi) is 7.15. The van der Waals surface area contributed by atoms with Crippen molar-refractivity contribution >= 4 is 29.7 Å². The molecule has 4 nitrogen and oxygen atoms in total. The van der Waals surface area contributed by atoms with Gasteiger partial charge < -0.3 is 9.73 Å². The minimum absolute atomic E-state index is 0. The average molecular weight is 355 g/mol. The van der Waals surface area contributed by atoms with Crippen LogP contribution in [-0.4, -0.2) is 30.4 Å². The molecule has 3 rings (SSSR count). The van der Waals surface area contributed by atoms with Gasteiger partial charge in [-0.25, -0.2) is 0 Å². The summed E-state index contributed by atoms with van der Waals surface area (Å²) < 4.78 is 5.16. The lowest BCUT2D eigenvalue weighted by molar-refractivity contribution is 0.0906. The van der Waals surface area contributed by atoms with Crippen molar-refractivity contribution < 1.29 is 9.21 Å². The van der Waals surface area contributed by atoms with Crippen molar-refractivity contribution in [1.29, 1.82) is 0 Å². The molecule has 1 aliphatic rings. The highest BCUT2D eigenvalue weighted by Crippen LogP contribution is 2.27. The number of nitrogens with one attached hydrogen (secondary N) is 1. The minimum atomic E-state index is -0.138. The van der Waals surface area contributed by atoms with E-state index < -0.39 is 0 Å². The van der Waals surface area contributed by atoms with Crippen molar-refractivity contribution in [3.05, 3.63) is 46.5 Å². The van der Waals surface area contributed by atoms with E-state index in [-0.39, 0.29) is 24.4 Å². The van der Waals surface area contributed by atoms with E-state index in [1.54, 1.807) is 23.5 Å². The molecule has 1 amide bonds. The molecule has 0 aromatic carbocycles. The molecule has 1 N–H and O–H groups in total. The van der Waals surface area contributed by atoms with Crippen LogP contribution in [-0.2, 0) is 0 Å². The van der Waals surface area contributed by atoms with Crippen molar-refractivity contribution in [3.8, 4) is 0 Å². The molecule has 0 spiro atoms. The summed E-state index contributed by atoms with van der Waals surface area (Å²) in [4.78, 5) is 15.9. The summed E-state index contributed by atoms with van der Waals surface area (Å²) in [5, 5.41) is 5.13. The molecule has 3 heterocycles. The van der Waals surface area contributed by atoms with Crippen LogP contribution < -0.4 is 5.32 Å². The minimum Gasteiger partial charge on any atom is -0.459 e. The van der Waals surface area contributed by atoms with Crippen LogP contribution in [0.15, 0.2) is 40.3 Å². The van der Waals surface area contributed by atoms with Crippen molar-refractivity contribution in [3.63, 3.8) is 0 Å². The van der Waals surface area contributed by atoms with E-state index in [0.29, 0.717) is 12.3 Å². The maximum atomic E-state index is 12.1. The molecular weight excluding hydrogens is 332 g/mol. The highest BCUT2D eigenvalue weighted by Gasteiger charge is 2.23. The van der Waals surface area contributed by atoms with Crippen LogP contribution in [0.1, 0.15) is 47.2 Å². The van der Waals surface area contributed by atoms with Crippen LogP contribution in [0, 0.1) is 0 Å². The largest absolute Gasteiger partial charge is 0.459 e. The van der Waals surface area contributed by atoms with E-state index >= 15 is 0 Å². The van der Waals surface area contributed by atoms with Gasteiger partial charge >= 0.3 is 0 Å². The van der Waals surface area contributed by atoms with Crippen LogP contribution >= 0.6 is 23.7 Å². The van der Waals surface area contributed by atoms with Gasteiger partial charge in [-0.3, -0.25) is 9.69 Å². The molecule has 2 aromatic heterocycles. The predicted octanol–water partition coefficient (Wildman–Crippen LogP) is 4.11. The van der Waals surface area contributed by atoms with Crippen LogP contribution in [0.25, 0.3) is 0 Å². The van der Waals surface area contributed by atoms with Crippen molar-refractivity contribution in [2.75, 3.05) is 19.6 Å². The first kappa shape index (κ1) is 18.0. The molecule has 23 heavy (non-hydrogen) atoms. The van der Waals surface area contributed by atoms with Gasteiger partial charge in [0.25, 0.3) is 5.91 Å². The normalized spacial score (nSPS) is 17.0. The summed E-state index contributed by atoms with van der Waals surface area (Å²) in [5.74, 6) is 0.238. The Balaban J connectivity index is 0.00000192. The number of rotatable bonds is 5. The summed E-state index contributed by atoms with van der Waals surface area (Å²) in [5.41, 5.74) is 0. The summed E-state index contributed by atoms with van der Waals surface area (Å²) >= 11 is 1.76. The van der Waals surface area contributed by atoms with Gasteiger partial charge in [0.1, 0.15) is 0 Å². The molecular formula is C17H23ClN2O2S. The van der Waals surface area contributed by atoms with Crippen molar-refractivity contribution in [2.24, 2.45) is 0 Å². The molecule has 1 atom stereocenters. The Morgan fingerprint density at radius 3 is 2.61 bits per heavy atom. The van der Waals surface area contributed by atoms with Gasteiger partial charge in [-0.15, -0.1) is 23.7 Å². The number of carbonyl (C=O) groups excluding carboxylic acids is 1. The molecule has 0 aliphatic carbocycles. The van der Waals surface area contributed by atoms with Gasteiger partial charge in [-0.2, -0.15) is 0 Å². The molecule has 0 radical (unpaired) electrons. The fourth-order valence-corrected chi connectivity index (χ4v) is 3.84. The Labute approximate surface area is 147 Å². The molecule has 6 heteroatoms. The number of halogens is 1. The number of nitrogens with zero attached hydrogens (tertiary/aromatic N) is 1. The standard InChI is InChI=1S/C17H22N2O2S.ClH/c20-17(15-7-5-11-21-15)18-13-14(16-8-6-12-22-16)19-9-3-1-2-4-10-19;/h5-8,11-12,14H,1-4,9-10,13H2,(H,18,20);1H. The second kappa shape index (κ2) is 9.11. The average Bonchev–Trinajstić information content (AvgIpc) is 3.18. The lowest BCUT2D eigenvalue weighted by atomic mass is 10.2. The smallest absolute Gasteiger partial charge is 0.287 e. The van der Waals surface area contributed by atoms with Crippen LogP contribution in [0.5, 0.6) is 0 Å². The number of furan rings is 1. The molecule has 1 fully saturated rings. The number of thiophene rings is 1. The third-order valence-electron chi connectivity index (χ3n) is 4.15. The Hall–Kier alpha value is -1.30. The number of hydrogen-bond acceptors (Lipinski definition) is 4. The van der Waals surface area contributed by atoms with E-state index in [1.807, 2.05) is 0 Å². The first-order chi connectivity index (χ1) is 10.8. The number of hydrogen-bond donors (Lipinski definition) is 1. The monoisotopic (exact) mass is 354 g/mol. The maximum absolute atomic E-state index is 12.1. The van der Waals surface area contributed by atoms with Gasteiger partial charge in [0.2, 0.25) is 0 Å². The van der Waals surface area contributed by atoms with Crippen molar-refractivity contribution in [2.45, 2.75) is 31.7 Å². The van der Waals surface area contributed by atoms with Gasteiger partial charge in [0.15, 0.2) is 5.76 Å². The summed E-state index contributed by atoms with van der Waals surface area (Å²) in [7, 11) is 0. The summed E-state index contributed by atoms with van der Waals surface area (Å²) in [6, 6.07) is 7.94.